The Labute approximate surface area is 117 Å². The molecule has 1 unspecified atom stereocenters. The molecule has 0 aliphatic carbocycles. The first-order valence-corrected chi connectivity index (χ1v) is 7.70. The van der Waals surface area contributed by atoms with Crippen LogP contribution >= 0.6 is 0 Å². The number of fused-ring (bicyclic) bond motifs is 1. The predicted molar refractivity (Wildman–Crippen MR) is 71.6 cm³/mol. The molecule has 0 radical (unpaired) electrons. The van der Waals surface area contributed by atoms with Crippen LogP contribution in [0.4, 0.5) is 0 Å². The van der Waals surface area contributed by atoms with Crippen LogP contribution in [0.3, 0.4) is 0 Å². The second-order valence-electron chi connectivity index (χ2n) is 4.01. The van der Waals surface area contributed by atoms with Gasteiger partial charge in [-0.05, 0) is 36.6 Å². The molecule has 2 rings (SSSR count). The van der Waals surface area contributed by atoms with Crippen LogP contribution < -0.4 is 4.18 Å². The SMILES string of the molecule is Cc1c(OS(=O)O)cc2cc(S(=O)(=O)O)ccc2c1O. The number of benzene rings is 2. The zero-order valence-corrected chi connectivity index (χ0v) is 11.7. The first-order chi connectivity index (χ1) is 9.20. The maximum atomic E-state index is 11.1. The van der Waals surface area contributed by atoms with E-state index in [1.807, 2.05) is 0 Å². The maximum Gasteiger partial charge on any atom is 0.357 e. The van der Waals surface area contributed by atoms with Crippen molar-refractivity contribution in [2.75, 3.05) is 0 Å². The van der Waals surface area contributed by atoms with Gasteiger partial charge >= 0.3 is 11.4 Å². The van der Waals surface area contributed by atoms with Gasteiger partial charge in [0.2, 0.25) is 0 Å². The summed E-state index contributed by atoms with van der Waals surface area (Å²) in [5.74, 6) is -0.270. The molecule has 2 aromatic carbocycles. The van der Waals surface area contributed by atoms with E-state index in [2.05, 4.69) is 4.18 Å². The van der Waals surface area contributed by atoms with E-state index in [1.54, 1.807) is 0 Å². The van der Waals surface area contributed by atoms with Crippen LogP contribution in [-0.4, -0.2) is 26.8 Å². The molecule has 0 spiro atoms. The van der Waals surface area contributed by atoms with E-state index in [9.17, 15) is 17.7 Å². The molecule has 0 aliphatic heterocycles. The van der Waals surface area contributed by atoms with Gasteiger partial charge < -0.3 is 9.29 Å². The number of phenolic OH excluding ortho intramolecular Hbond substituents is 1. The summed E-state index contributed by atoms with van der Waals surface area (Å²) < 4.78 is 55.1. The van der Waals surface area contributed by atoms with E-state index in [-0.39, 0.29) is 27.3 Å². The molecule has 9 heteroatoms. The minimum absolute atomic E-state index is 0.0664. The first kappa shape index (κ1) is 14.7. The Morgan fingerprint density at radius 2 is 1.90 bits per heavy atom. The molecular formula is C11H10O7S2. The van der Waals surface area contributed by atoms with Gasteiger partial charge in [0.25, 0.3) is 10.1 Å². The first-order valence-electron chi connectivity index (χ1n) is 5.23. The standard InChI is InChI=1S/C11H10O7S2/c1-6-10(18-19(13)14)5-7-4-8(20(15,16)17)2-3-9(7)11(6)12/h2-5,12H,1H3,(H,13,14)(H,15,16,17). The van der Waals surface area contributed by atoms with Crippen LogP contribution in [0.15, 0.2) is 29.2 Å². The lowest BCUT2D eigenvalue weighted by molar-refractivity contribution is 0.447. The van der Waals surface area contributed by atoms with Gasteiger partial charge in [-0.3, -0.25) is 9.11 Å². The third-order valence-corrected chi connectivity index (χ3v) is 3.92. The van der Waals surface area contributed by atoms with E-state index in [1.165, 1.54) is 19.1 Å². The molecule has 108 valence electrons. The lowest BCUT2D eigenvalue weighted by atomic mass is 10.1. The van der Waals surface area contributed by atoms with Crippen molar-refractivity contribution in [2.45, 2.75) is 11.8 Å². The van der Waals surface area contributed by atoms with Gasteiger partial charge in [-0.2, -0.15) is 12.6 Å². The van der Waals surface area contributed by atoms with Gasteiger partial charge in [-0.15, -0.1) is 0 Å². The average molecular weight is 318 g/mol. The summed E-state index contributed by atoms with van der Waals surface area (Å²) in [4.78, 5) is -0.357. The smallest absolute Gasteiger partial charge is 0.357 e. The molecule has 0 heterocycles. The molecule has 1 atom stereocenters. The number of aromatic hydroxyl groups is 1. The Kier molecular flexibility index (Phi) is 3.69. The van der Waals surface area contributed by atoms with E-state index < -0.39 is 21.5 Å². The van der Waals surface area contributed by atoms with Gasteiger partial charge in [0, 0.05) is 10.9 Å². The third-order valence-electron chi connectivity index (χ3n) is 2.75. The summed E-state index contributed by atoms with van der Waals surface area (Å²) in [6, 6.07) is 4.88. The van der Waals surface area contributed by atoms with Crippen LogP contribution in [0.5, 0.6) is 11.5 Å². The Bertz CT molecular complexity index is 811. The van der Waals surface area contributed by atoms with Crippen molar-refractivity contribution < 1.29 is 31.0 Å². The Morgan fingerprint density at radius 3 is 2.45 bits per heavy atom. The van der Waals surface area contributed by atoms with E-state index >= 15 is 0 Å². The Morgan fingerprint density at radius 1 is 1.25 bits per heavy atom. The summed E-state index contributed by atoms with van der Waals surface area (Å²) in [7, 11) is -4.38. The van der Waals surface area contributed by atoms with Crippen LogP contribution in [0.2, 0.25) is 0 Å². The summed E-state index contributed by atoms with van der Waals surface area (Å²) in [5, 5.41) is 10.5. The highest BCUT2D eigenvalue weighted by Gasteiger charge is 2.15. The Balaban J connectivity index is 2.75. The van der Waals surface area contributed by atoms with E-state index in [0.29, 0.717) is 5.39 Å². The van der Waals surface area contributed by atoms with Crippen LogP contribution in [-0.2, 0) is 21.5 Å². The van der Waals surface area contributed by atoms with Gasteiger partial charge in [0.05, 0.1) is 4.90 Å². The highest BCUT2D eigenvalue weighted by Crippen LogP contribution is 2.36. The molecule has 0 fully saturated rings. The van der Waals surface area contributed by atoms with Gasteiger partial charge in [-0.1, -0.05) is 0 Å². The van der Waals surface area contributed by atoms with Crippen molar-refractivity contribution >= 4 is 32.3 Å². The molecule has 7 nitrogen and oxygen atoms in total. The minimum atomic E-state index is -4.38. The minimum Gasteiger partial charge on any atom is -0.507 e. The fourth-order valence-electron chi connectivity index (χ4n) is 1.77. The molecule has 3 N–H and O–H groups in total. The Hall–Kier alpha value is -1.68. The maximum absolute atomic E-state index is 11.1. The van der Waals surface area contributed by atoms with Crippen LogP contribution in [0, 0.1) is 6.92 Å². The molecular weight excluding hydrogens is 308 g/mol. The molecule has 2 aromatic rings. The second kappa shape index (κ2) is 5.02. The number of phenols is 1. The lowest BCUT2D eigenvalue weighted by Crippen LogP contribution is -2.00. The number of hydrogen-bond donors (Lipinski definition) is 3. The van der Waals surface area contributed by atoms with Crippen LogP contribution in [0.1, 0.15) is 5.56 Å². The third kappa shape index (κ3) is 2.75. The summed E-state index contributed by atoms with van der Waals surface area (Å²) in [6.07, 6.45) is 0. The molecule has 0 saturated heterocycles. The monoisotopic (exact) mass is 318 g/mol. The van der Waals surface area contributed by atoms with Crippen LogP contribution in [0.25, 0.3) is 10.8 Å². The van der Waals surface area contributed by atoms with E-state index in [0.717, 1.165) is 12.1 Å². The van der Waals surface area contributed by atoms with Gasteiger partial charge in [-0.25, -0.2) is 0 Å². The number of rotatable bonds is 3. The topological polar surface area (TPSA) is 121 Å². The fourth-order valence-corrected chi connectivity index (χ4v) is 2.61. The van der Waals surface area contributed by atoms with Crippen molar-refractivity contribution in [1.29, 1.82) is 0 Å². The van der Waals surface area contributed by atoms with Crippen molar-refractivity contribution in [3.8, 4) is 11.5 Å². The van der Waals surface area contributed by atoms with Crippen molar-refractivity contribution in [2.24, 2.45) is 0 Å². The highest BCUT2D eigenvalue weighted by molar-refractivity contribution is 7.85. The zero-order valence-electron chi connectivity index (χ0n) is 10.1. The molecule has 20 heavy (non-hydrogen) atoms. The van der Waals surface area contributed by atoms with Crippen molar-refractivity contribution in [3.63, 3.8) is 0 Å². The van der Waals surface area contributed by atoms with Gasteiger partial charge in [0.1, 0.15) is 11.5 Å². The van der Waals surface area contributed by atoms with Gasteiger partial charge in [0.15, 0.2) is 0 Å². The molecule has 0 aliphatic rings. The lowest BCUT2D eigenvalue weighted by Gasteiger charge is -2.10. The summed E-state index contributed by atoms with van der Waals surface area (Å²) >= 11 is -2.58. The molecule has 0 aromatic heterocycles. The predicted octanol–water partition coefficient (Wildman–Crippen LogP) is 1.62. The normalized spacial score (nSPS) is 13.3. The second-order valence-corrected chi connectivity index (χ2v) is 6.03. The quantitative estimate of drug-likeness (QED) is 0.580. The number of hydrogen-bond acceptors (Lipinski definition) is 5. The molecule has 0 bridgehead atoms. The average Bonchev–Trinajstić information content (AvgIpc) is 2.33. The summed E-state index contributed by atoms with van der Waals surface area (Å²) in [6.45, 7) is 1.48. The van der Waals surface area contributed by atoms with Crippen molar-refractivity contribution in [1.82, 2.24) is 0 Å². The zero-order chi connectivity index (χ0) is 15.1. The largest absolute Gasteiger partial charge is 0.507 e. The molecule has 0 amide bonds. The van der Waals surface area contributed by atoms with Crippen molar-refractivity contribution in [3.05, 3.63) is 29.8 Å². The summed E-state index contributed by atoms with van der Waals surface area (Å²) in [5.41, 5.74) is 0.236. The fraction of sp³-hybridized carbons (Fsp3) is 0.0909. The van der Waals surface area contributed by atoms with E-state index in [4.69, 9.17) is 9.11 Å². The molecule has 0 saturated carbocycles. The highest BCUT2D eigenvalue weighted by atomic mass is 32.2.